The fraction of sp³-hybridized carbons (Fsp3) is 0.381. The Morgan fingerprint density at radius 2 is 1.67 bits per heavy atom. The monoisotopic (exact) mass is 440 g/mol. The second-order valence-corrected chi connectivity index (χ2v) is 9.13. The predicted octanol–water partition coefficient (Wildman–Crippen LogP) is 3.85. The summed E-state index contributed by atoms with van der Waals surface area (Å²) in [6, 6.07) is 10.9. The topological polar surface area (TPSA) is 66.5 Å². The van der Waals surface area contributed by atoms with Gasteiger partial charge < -0.3 is 5.32 Å². The van der Waals surface area contributed by atoms with Crippen LogP contribution in [0.5, 0.6) is 0 Å². The van der Waals surface area contributed by atoms with Gasteiger partial charge in [-0.1, -0.05) is 31.2 Å². The zero-order valence-electron chi connectivity index (χ0n) is 16.4. The summed E-state index contributed by atoms with van der Waals surface area (Å²) in [4.78, 5) is 12.6. The molecule has 2 aromatic rings. The van der Waals surface area contributed by atoms with Crippen molar-refractivity contribution in [3.63, 3.8) is 0 Å². The summed E-state index contributed by atoms with van der Waals surface area (Å²) in [5.74, 6) is -0.806. The molecule has 0 radical (unpaired) electrons. The summed E-state index contributed by atoms with van der Waals surface area (Å²) in [6.45, 7) is 2.35. The van der Waals surface area contributed by atoms with Crippen LogP contribution in [0.25, 0.3) is 0 Å². The average Bonchev–Trinajstić information content (AvgIpc) is 2.73. The zero-order chi connectivity index (χ0) is 21.9. The van der Waals surface area contributed by atoms with E-state index in [0.717, 1.165) is 24.1 Å². The van der Waals surface area contributed by atoms with Gasteiger partial charge in [0.1, 0.15) is 0 Å². The summed E-state index contributed by atoms with van der Waals surface area (Å²) in [5.41, 5.74) is -0.386. The van der Waals surface area contributed by atoms with Crippen LogP contribution in [0.2, 0.25) is 0 Å². The molecule has 1 amide bonds. The Morgan fingerprint density at radius 3 is 2.23 bits per heavy atom. The predicted molar refractivity (Wildman–Crippen MR) is 107 cm³/mol. The lowest BCUT2D eigenvalue weighted by Gasteiger charge is -2.31. The molecule has 5 nitrogen and oxygen atoms in total. The number of alkyl halides is 3. The largest absolute Gasteiger partial charge is 0.417 e. The molecule has 30 heavy (non-hydrogen) atoms. The lowest BCUT2D eigenvalue weighted by molar-refractivity contribution is -0.137. The van der Waals surface area contributed by atoms with Crippen LogP contribution in [0.3, 0.4) is 0 Å². The molecular formula is C21H23F3N2O3S. The Morgan fingerprint density at radius 1 is 1.07 bits per heavy atom. The third-order valence-corrected chi connectivity index (χ3v) is 7.15. The van der Waals surface area contributed by atoms with Crippen LogP contribution in [0.4, 0.5) is 13.2 Å². The molecule has 1 aliphatic heterocycles. The fourth-order valence-electron chi connectivity index (χ4n) is 3.48. The van der Waals surface area contributed by atoms with Crippen molar-refractivity contribution < 1.29 is 26.4 Å². The van der Waals surface area contributed by atoms with Gasteiger partial charge in [-0.25, -0.2) is 8.42 Å². The highest BCUT2D eigenvalue weighted by Crippen LogP contribution is 2.32. The average molecular weight is 440 g/mol. The fourth-order valence-corrected chi connectivity index (χ4v) is 4.95. The first-order chi connectivity index (χ1) is 14.1. The van der Waals surface area contributed by atoms with Gasteiger partial charge in [-0.15, -0.1) is 0 Å². The van der Waals surface area contributed by atoms with Crippen molar-refractivity contribution in [2.45, 2.75) is 43.3 Å². The van der Waals surface area contributed by atoms with E-state index >= 15 is 0 Å². The van der Waals surface area contributed by atoms with Crippen LogP contribution in [0, 0.1) is 0 Å². The normalized spacial score (nSPS) is 16.4. The lowest BCUT2D eigenvalue weighted by Crippen LogP contribution is -2.46. The molecule has 1 heterocycles. The number of sulfonamides is 1. The van der Waals surface area contributed by atoms with Crippen molar-refractivity contribution in [3.8, 4) is 0 Å². The van der Waals surface area contributed by atoms with Gasteiger partial charge >= 0.3 is 6.18 Å². The van der Waals surface area contributed by atoms with Crippen LogP contribution >= 0.6 is 0 Å². The van der Waals surface area contributed by atoms with Gasteiger partial charge in [0.25, 0.3) is 5.91 Å². The summed E-state index contributed by atoms with van der Waals surface area (Å²) in [5, 5.41) is 2.61. The second kappa shape index (κ2) is 8.77. The van der Waals surface area contributed by atoms with Crippen molar-refractivity contribution in [2.75, 3.05) is 13.1 Å². The Balaban J connectivity index is 1.64. The smallest absolute Gasteiger partial charge is 0.349 e. The summed E-state index contributed by atoms with van der Waals surface area (Å²) in [7, 11) is -3.65. The maximum Gasteiger partial charge on any atom is 0.417 e. The number of rotatable bonds is 5. The molecule has 1 fully saturated rings. The van der Waals surface area contributed by atoms with Crippen molar-refractivity contribution in [1.82, 2.24) is 9.62 Å². The Hall–Kier alpha value is -2.39. The van der Waals surface area contributed by atoms with Gasteiger partial charge in [0, 0.05) is 19.1 Å². The molecule has 1 N–H and O–H groups in total. The maximum absolute atomic E-state index is 13.1. The quantitative estimate of drug-likeness (QED) is 0.768. The maximum atomic E-state index is 13.1. The van der Waals surface area contributed by atoms with Gasteiger partial charge in [-0.05, 0) is 49.1 Å². The van der Waals surface area contributed by atoms with Crippen molar-refractivity contribution in [2.24, 2.45) is 0 Å². The minimum Gasteiger partial charge on any atom is -0.349 e. The number of nitrogens with zero attached hydrogens (tertiary/aromatic N) is 1. The van der Waals surface area contributed by atoms with E-state index in [1.54, 1.807) is 24.3 Å². The van der Waals surface area contributed by atoms with Gasteiger partial charge in [-0.3, -0.25) is 4.79 Å². The third kappa shape index (κ3) is 4.84. The highest BCUT2D eigenvalue weighted by molar-refractivity contribution is 7.89. The summed E-state index contributed by atoms with van der Waals surface area (Å²) < 4.78 is 66.3. The third-order valence-electron chi connectivity index (χ3n) is 5.24. The van der Waals surface area contributed by atoms with Crippen LogP contribution in [0.15, 0.2) is 53.4 Å². The molecule has 0 spiro atoms. The molecule has 0 bridgehead atoms. The van der Waals surface area contributed by atoms with Crippen LogP contribution in [-0.4, -0.2) is 37.8 Å². The van der Waals surface area contributed by atoms with E-state index in [0.29, 0.717) is 12.8 Å². The molecule has 1 saturated heterocycles. The molecule has 9 heteroatoms. The molecule has 0 atom stereocenters. The number of piperidine rings is 1. The van der Waals surface area contributed by atoms with E-state index in [1.165, 1.54) is 16.4 Å². The second-order valence-electron chi connectivity index (χ2n) is 7.19. The first-order valence-corrected chi connectivity index (χ1v) is 11.1. The number of hydrogen-bond acceptors (Lipinski definition) is 3. The molecule has 3 rings (SSSR count). The lowest BCUT2D eigenvalue weighted by atomic mass is 10.0. The van der Waals surface area contributed by atoms with Gasteiger partial charge in [-0.2, -0.15) is 17.5 Å². The minimum absolute atomic E-state index is 0.184. The van der Waals surface area contributed by atoms with Crippen LogP contribution in [-0.2, 0) is 22.6 Å². The molecule has 0 saturated carbocycles. The Labute approximate surface area is 173 Å². The highest BCUT2D eigenvalue weighted by Gasteiger charge is 2.36. The van der Waals surface area contributed by atoms with E-state index in [-0.39, 0.29) is 18.0 Å². The van der Waals surface area contributed by atoms with Crippen molar-refractivity contribution >= 4 is 15.9 Å². The van der Waals surface area contributed by atoms with Crippen LogP contribution in [0.1, 0.15) is 41.3 Å². The molecular weight excluding hydrogens is 417 g/mol. The number of nitrogens with one attached hydrogen (secondary N) is 1. The highest BCUT2D eigenvalue weighted by atomic mass is 32.2. The minimum atomic E-state index is -4.63. The first-order valence-electron chi connectivity index (χ1n) is 9.69. The van der Waals surface area contributed by atoms with Crippen molar-refractivity contribution in [1.29, 1.82) is 0 Å². The van der Waals surface area contributed by atoms with E-state index in [1.807, 2.05) is 6.92 Å². The standard InChI is InChI=1S/C21H23F3N2O3S/c1-2-15-7-9-17(10-8-15)30(28,29)26-13-11-16(12-14-26)25-20(27)18-5-3-4-6-19(18)21(22,23)24/h3-10,16H,2,11-14H2,1H3,(H,25,27). The number of carbonyl (C=O) groups is 1. The Kier molecular flexibility index (Phi) is 6.52. The van der Waals surface area contributed by atoms with Gasteiger partial charge in [0.15, 0.2) is 0 Å². The molecule has 0 unspecified atom stereocenters. The summed E-state index contributed by atoms with van der Waals surface area (Å²) >= 11 is 0. The number of aryl methyl sites for hydroxylation is 1. The number of benzene rings is 2. The van der Waals surface area contributed by atoms with E-state index in [2.05, 4.69) is 5.32 Å². The van der Waals surface area contributed by atoms with Gasteiger partial charge in [0.05, 0.1) is 16.0 Å². The molecule has 0 aliphatic carbocycles. The number of amides is 1. The molecule has 1 aliphatic rings. The molecule has 0 aromatic heterocycles. The number of halogens is 3. The van der Waals surface area contributed by atoms with Gasteiger partial charge in [0.2, 0.25) is 10.0 Å². The number of carbonyl (C=O) groups excluding carboxylic acids is 1. The Bertz CT molecular complexity index is 997. The summed E-state index contributed by atoms with van der Waals surface area (Å²) in [6.07, 6.45) is -3.17. The first kappa shape index (κ1) is 22.3. The van der Waals surface area contributed by atoms with Crippen molar-refractivity contribution in [3.05, 3.63) is 65.2 Å². The SMILES string of the molecule is CCc1ccc(S(=O)(=O)N2CCC(NC(=O)c3ccccc3C(F)(F)F)CC2)cc1. The molecule has 2 aromatic carbocycles. The number of hydrogen-bond donors (Lipinski definition) is 1. The van der Waals surface area contributed by atoms with E-state index in [4.69, 9.17) is 0 Å². The van der Waals surface area contributed by atoms with Crippen LogP contribution < -0.4 is 5.32 Å². The molecule has 162 valence electrons. The zero-order valence-corrected chi connectivity index (χ0v) is 17.3. The van der Waals surface area contributed by atoms with E-state index in [9.17, 15) is 26.4 Å². The van der Waals surface area contributed by atoms with E-state index < -0.39 is 39.3 Å².